The summed E-state index contributed by atoms with van der Waals surface area (Å²) in [6.45, 7) is 11.9. The van der Waals surface area contributed by atoms with Gasteiger partial charge in [-0.05, 0) is 20.8 Å². The summed E-state index contributed by atoms with van der Waals surface area (Å²) in [5, 5.41) is 9.97. The molecule has 1 heterocycles. The van der Waals surface area contributed by atoms with E-state index in [9.17, 15) is 5.11 Å². The minimum atomic E-state index is -1.40. The molecule has 0 amide bonds. The van der Waals surface area contributed by atoms with Crippen LogP contribution in [0.1, 0.15) is 25.4 Å². The summed E-state index contributed by atoms with van der Waals surface area (Å²) in [4.78, 5) is 4.31. The van der Waals surface area contributed by atoms with Gasteiger partial charge in [-0.2, -0.15) is 0 Å². The van der Waals surface area contributed by atoms with Gasteiger partial charge in [-0.15, -0.1) is 5.54 Å². The van der Waals surface area contributed by atoms with Crippen molar-refractivity contribution in [1.82, 2.24) is 9.55 Å². The van der Waals surface area contributed by atoms with Crippen LogP contribution in [-0.2, 0) is 5.60 Å². The SMILES string of the molecule is Cc1cn(C#C[Si](C)(C)C)c(C(C)(C)O)n1. The first-order chi connectivity index (χ1) is 7.09. The molecule has 0 aliphatic heterocycles. The van der Waals surface area contributed by atoms with Gasteiger partial charge in [0.05, 0.1) is 5.69 Å². The van der Waals surface area contributed by atoms with Gasteiger partial charge < -0.3 is 5.11 Å². The van der Waals surface area contributed by atoms with Crippen molar-refractivity contribution in [3.8, 4) is 11.6 Å². The molecule has 1 N–H and O–H groups in total. The second kappa shape index (κ2) is 4.08. The lowest BCUT2D eigenvalue weighted by molar-refractivity contribution is 0.0674. The Morgan fingerprint density at radius 3 is 2.38 bits per heavy atom. The average Bonchev–Trinajstić information content (AvgIpc) is 2.41. The van der Waals surface area contributed by atoms with Crippen molar-refractivity contribution in [3.63, 3.8) is 0 Å². The molecular weight excluding hydrogens is 216 g/mol. The van der Waals surface area contributed by atoms with Crippen LogP contribution in [-0.4, -0.2) is 22.7 Å². The minimum Gasteiger partial charge on any atom is -0.382 e. The molecule has 0 aliphatic carbocycles. The van der Waals surface area contributed by atoms with Crippen LogP contribution in [0.2, 0.25) is 19.6 Å². The lowest BCUT2D eigenvalue weighted by Crippen LogP contribution is -2.22. The number of imidazole rings is 1. The molecule has 16 heavy (non-hydrogen) atoms. The number of hydrogen-bond donors (Lipinski definition) is 1. The highest BCUT2D eigenvalue weighted by Gasteiger charge is 2.22. The van der Waals surface area contributed by atoms with E-state index in [1.54, 1.807) is 18.4 Å². The van der Waals surface area contributed by atoms with Gasteiger partial charge in [-0.25, -0.2) is 4.98 Å². The molecule has 3 nitrogen and oxygen atoms in total. The van der Waals surface area contributed by atoms with E-state index in [1.807, 2.05) is 13.1 Å². The van der Waals surface area contributed by atoms with Crippen molar-refractivity contribution in [3.05, 3.63) is 17.7 Å². The summed E-state index contributed by atoms with van der Waals surface area (Å²) in [6.07, 6.45) is 1.86. The maximum absolute atomic E-state index is 9.97. The first-order valence-corrected chi connectivity index (χ1v) is 8.91. The Balaban J connectivity index is 3.19. The molecule has 0 bridgehead atoms. The van der Waals surface area contributed by atoms with Crippen molar-refractivity contribution < 1.29 is 5.11 Å². The summed E-state index contributed by atoms with van der Waals surface area (Å²) in [6, 6.07) is 3.09. The van der Waals surface area contributed by atoms with Gasteiger partial charge in [0.15, 0.2) is 5.82 Å². The predicted octanol–water partition coefficient (Wildman–Crippen LogP) is 2.11. The second-order valence-electron chi connectivity index (χ2n) is 5.62. The van der Waals surface area contributed by atoms with Crippen molar-refractivity contribution in [1.29, 1.82) is 0 Å². The van der Waals surface area contributed by atoms with E-state index in [-0.39, 0.29) is 0 Å². The number of aliphatic hydroxyl groups is 1. The summed E-state index contributed by atoms with van der Waals surface area (Å²) >= 11 is 0. The third-order valence-corrected chi connectivity index (χ3v) is 2.79. The maximum atomic E-state index is 9.97. The molecule has 4 heteroatoms. The standard InChI is InChI=1S/C12H20N2OSi/c1-10-9-14(7-8-16(4,5)6)11(13-10)12(2,3)15/h9,15H,1-6H3. The molecule has 0 saturated heterocycles. The second-order valence-corrected chi connectivity index (χ2v) is 10.4. The largest absolute Gasteiger partial charge is 0.382 e. The van der Waals surface area contributed by atoms with E-state index in [2.05, 4.69) is 36.2 Å². The van der Waals surface area contributed by atoms with Gasteiger partial charge in [0.2, 0.25) is 0 Å². The predicted molar refractivity (Wildman–Crippen MR) is 68.7 cm³/mol. The average molecular weight is 236 g/mol. The zero-order valence-corrected chi connectivity index (χ0v) is 11.9. The number of nitrogens with zero attached hydrogens (tertiary/aromatic N) is 2. The third-order valence-electron chi connectivity index (χ3n) is 1.92. The molecule has 0 radical (unpaired) electrons. The molecule has 0 spiro atoms. The molecule has 0 atom stereocenters. The van der Waals surface area contributed by atoms with Crippen LogP contribution in [0.5, 0.6) is 0 Å². The van der Waals surface area contributed by atoms with Crippen LogP contribution >= 0.6 is 0 Å². The Kier molecular flexibility index (Phi) is 3.32. The summed E-state index contributed by atoms with van der Waals surface area (Å²) < 4.78 is 1.74. The summed E-state index contributed by atoms with van der Waals surface area (Å²) in [5.41, 5.74) is 3.19. The normalized spacial score (nSPS) is 12.2. The Morgan fingerprint density at radius 2 is 1.94 bits per heavy atom. The minimum absolute atomic E-state index is 0.607. The molecule has 88 valence electrons. The molecule has 0 unspecified atom stereocenters. The monoisotopic (exact) mass is 236 g/mol. The van der Waals surface area contributed by atoms with Crippen molar-refractivity contribution in [2.24, 2.45) is 0 Å². The molecule has 0 saturated carbocycles. The van der Waals surface area contributed by atoms with Gasteiger partial charge in [0.1, 0.15) is 13.7 Å². The topological polar surface area (TPSA) is 38.0 Å². The Morgan fingerprint density at radius 1 is 1.38 bits per heavy atom. The van der Waals surface area contributed by atoms with Gasteiger partial charge in [0.25, 0.3) is 0 Å². The molecular formula is C12H20N2OSi. The van der Waals surface area contributed by atoms with Gasteiger partial charge in [-0.1, -0.05) is 19.6 Å². The van der Waals surface area contributed by atoms with E-state index in [1.165, 1.54) is 0 Å². The fourth-order valence-corrected chi connectivity index (χ4v) is 1.70. The van der Waals surface area contributed by atoms with Gasteiger partial charge >= 0.3 is 0 Å². The maximum Gasteiger partial charge on any atom is 0.152 e. The highest BCUT2D eigenvalue weighted by molar-refractivity contribution is 6.83. The number of aryl methyl sites for hydroxylation is 1. The Bertz CT molecular complexity index is 438. The molecule has 0 aliphatic rings. The summed E-state index contributed by atoms with van der Waals surface area (Å²) in [5.74, 6) is 0.607. The number of rotatable bonds is 1. The van der Waals surface area contributed by atoms with Crippen LogP contribution in [0.15, 0.2) is 6.20 Å². The fourth-order valence-electron chi connectivity index (χ4n) is 1.24. The fraction of sp³-hybridized carbons (Fsp3) is 0.583. The lowest BCUT2D eigenvalue weighted by atomic mass is 10.1. The van der Waals surface area contributed by atoms with Crippen molar-refractivity contribution in [2.75, 3.05) is 0 Å². The summed E-state index contributed by atoms with van der Waals surface area (Å²) in [7, 11) is -1.40. The third kappa shape index (κ3) is 3.51. The van der Waals surface area contributed by atoms with Gasteiger partial charge in [-0.3, -0.25) is 4.57 Å². The number of aromatic nitrogens is 2. The Hall–Kier alpha value is -1.05. The molecule has 1 aromatic rings. The lowest BCUT2D eigenvalue weighted by Gasteiger charge is -2.15. The Labute approximate surface area is 98.5 Å². The van der Waals surface area contributed by atoms with Crippen LogP contribution in [0, 0.1) is 18.5 Å². The molecule has 0 aromatic carbocycles. The van der Waals surface area contributed by atoms with Crippen molar-refractivity contribution in [2.45, 2.75) is 46.0 Å². The quantitative estimate of drug-likeness (QED) is 0.599. The molecule has 0 fully saturated rings. The first-order valence-electron chi connectivity index (χ1n) is 5.41. The van der Waals surface area contributed by atoms with Gasteiger partial charge in [0, 0.05) is 12.2 Å². The zero-order valence-electron chi connectivity index (χ0n) is 10.9. The van der Waals surface area contributed by atoms with Crippen LogP contribution in [0.4, 0.5) is 0 Å². The first kappa shape index (κ1) is 13.0. The smallest absolute Gasteiger partial charge is 0.152 e. The van der Waals surface area contributed by atoms with E-state index in [4.69, 9.17) is 0 Å². The van der Waals surface area contributed by atoms with E-state index in [0.29, 0.717) is 5.82 Å². The van der Waals surface area contributed by atoms with E-state index in [0.717, 1.165) is 5.69 Å². The molecule has 1 aromatic heterocycles. The van der Waals surface area contributed by atoms with Crippen LogP contribution in [0.25, 0.3) is 0 Å². The molecule has 1 rings (SSSR count). The van der Waals surface area contributed by atoms with Crippen LogP contribution in [0.3, 0.4) is 0 Å². The van der Waals surface area contributed by atoms with E-state index >= 15 is 0 Å². The van der Waals surface area contributed by atoms with E-state index < -0.39 is 13.7 Å². The highest BCUT2D eigenvalue weighted by Crippen LogP contribution is 2.18. The highest BCUT2D eigenvalue weighted by atomic mass is 28.3. The van der Waals surface area contributed by atoms with Crippen LogP contribution < -0.4 is 0 Å². The zero-order chi connectivity index (χ0) is 12.6. The number of hydrogen-bond acceptors (Lipinski definition) is 2. The van der Waals surface area contributed by atoms with Crippen molar-refractivity contribution >= 4 is 8.07 Å².